The van der Waals surface area contributed by atoms with Gasteiger partial charge >= 0.3 is 20.4 Å². The van der Waals surface area contributed by atoms with Gasteiger partial charge in [-0.3, -0.25) is 0 Å². The molecular weight excluding hydrogens is 1370 g/mol. The number of allylic oxidation sites excluding steroid dienone is 2. The second kappa shape index (κ2) is 85.2. The van der Waals surface area contributed by atoms with Gasteiger partial charge in [-0.1, -0.05) is 489 Å². The Balaban J connectivity index is 0.00000199. The van der Waals surface area contributed by atoms with Crippen molar-refractivity contribution in [3.05, 3.63) is 101 Å². The monoisotopic (exact) mass is 1560 g/mol. The Hall–Kier alpha value is -2.26. The van der Waals surface area contributed by atoms with Crippen LogP contribution in [-0.4, -0.2) is 4.70 Å². The third-order valence-electron chi connectivity index (χ3n) is 23.0. The van der Waals surface area contributed by atoms with Gasteiger partial charge in [0.2, 0.25) is 11.4 Å². The smallest absolute Gasteiger partial charge is 0.493 e. The molecule has 0 aliphatic carbocycles. The summed E-state index contributed by atoms with van der Waals surface area (Å²) in [6.45, 7) is 21.5. The molecule has 0 spiro atoms. The minimum absolute atomic E-state index is 0. The second-order valence-electron chi connectivity index (χ2n) is 33.2. The van der Waals surface area contributed by atoms with E-state index in [4.69, 9.17) is 0 Å². The van der Waals surface area contributed by atoms with Crippen LogP contribution in [0, 0.1) is 25.7 Å². The zero-order valence-corrected chi connectivity index (χ0v) is 74.2. The Bertz CT molecular complexity index is 2180. The van der Waals surface area contributed by atoms with Crippen LogP contribution in [0.1, 0.15) is 545 Å². The van der Waals surface area contributed by atoms with Crippen LogP contribution in [0.4, 0.5) is 0 Å². The van der Waals surface area contributed by atoms with Crippen molar-refractivity contribution in [1.29, 1.82) is 0 Å². The number of nitrogens with zero attached hydrogens (tertiary/aromatic N) is 2. The molecule has 0 radical (unpaired) electrons. The van der Waals surface area contributed by atoms with Crippen molar-refractivity contribution < 1.29 is 25.1 Å². The van der Waals surface area contributed by atoms with E-state index in [-0.39, 0.29) is 20.4 Å². The third-order valence-corrected chi connectivity index (χ3v) is 23.0. The fourth-order valence-corrected chi connectivity index (χ4v) is 16.0. The number of hydrogen-bond donors (Lipinski definition) is 0. The predicted octanol–water partition coefficient (Wildman–Crippen LogP) is 37.0. The predicted molar refractivity (Wildman–Crippen MR) is 477 cm³/mol. The zero-order chi connectivity index (χ0) is 75.7. The van der Waals surface area contributed by atoms with Crippen molar-refractivity contribution in [1.82, 2.24) is 0 Å². The number of unbranched alkanes of at least 4 members (excludes halogenated alkanes) is 66. The molecule has 0 saturated carbocycles. The van der Waals surface area contributed by atoms with Crippen LogP contribution in [0.25, 0.3) is 16.9 Å². The van der Waals surface area contributed by atoms with Crippen LogP contribution in [0.3, 0.4) is 0 Å². The third kappa shape index (κ3) is 63.3. The number of benzene rings is 2. The summed E-state index contributed by atoms with van der Waals surface area (Å²) in [6, 6.07) is 17.8. The molecule has 0 N–H and O–H groups in total. The van der Waals surface area contributed by atoms with Gasteiger partial charge in [0.05, 0.1) is 0 Å². The molecule has 2 aromatic carbocycles. The van der Waals surface area contributed by atoms with Gasteiger partial charge in [0.25, 0.3) is 0 Å². The molecule has 616 valence electrons. The van der Waals surface area contributed by atoms with Gasteiger partial charge in [0.1, 0.15) is 0 Å². The van der Waals surface area contributed by atoms with Crippen LogP contribution >= 0.6 is 0 Å². The van der Waals surface area contributed by atoms with Crippen molar-refractivity contribution in [3.63, 3.8) is 0 Å². The van der Waals surface area contributed by atoms with Gasteiger partial charge in [-0.15, -0.1) is 11.8 Å². The van der Waals surface area contributed by atoms with Gasteiger partial charge < -0.3 is 19.4 Å². The normalized spacial score (nSPS) is 12.0. The van der Waals surface area contributed by atoms with E-state index in [1.807, 2.05) is 0 Å². The number of rotatable bonds is 76. The minimum Gasteiger partial charge on any atom is -0.493 e. The van der Waals surface area contributed by atoms with E-state index >= 15 is 0 Å². The SMILES string of the molecule is CCCCCCCCCCCCCCCCCCCCCCCCCCC#CCCc1ccccc1C1=C(CCCC)C(CCCCC)=C(c2cccc(CCCC)c2)[N+]1=[N-].[CH2-]CCCCCCCCCCCCCCCCCCCCC.[CH2-]CCCCCCCCCCCCCCCCCCCCC.[Pd+2]. The molecule has 3 heteroatoms. The van der Waals surface area contributed by atoms with E-state index in [0.29, 0.717) is 0 Å². The standard InChI is InChI=1S/C59H94N2.2C22H45.Pd/c1-5-9-13-14-15-16-17-18-19-20-21-22-23-24-25-26-27-28-29-30-31-32-33-34-35-36-37-39-45-53-46-40-41-49-55(53)59-57(48-12-8-4)56(50-38-10-6-2)58(61(59)60)54-47-42-44-52(51-54)43-11-7-3;2*1-3-5-7-9-11-13-15-17-19-21-22-20-18-16-14-12-10-8-6-4-2;/h40-42,44,46-47,49,51H,5-35,38-39,43,45,48,50H2,1-4H3;2*1,3-22H2,2H3;/q;2*-1;+2. The molecule has 1 aliphatic rings. The molecule has 2 aromatic rings. The van der Waals surface area contributed by atoms with E-state index < -0.39 is 0 Å². The summed E-state index contributed by atoms with van der Waals surface area (Å²) in [6.07, 6.45) is 106. The van der Waals surface area contributed by atoms with Crippen LogP contribution in [0.15, 0.2) is 59.7 Å². The molecular formula is C103H184N2Pd. The molecule has 1 heterocycles. The van der Waals surface area contributed by atoms with Gasteiger partial charge in [-0.05, 0) is 80.7 Å². The second-order valence-corrected chi connectivity index (χ2v) is 33.2. The Kier molecular flexibility index (Phi) is 83.4. The Morgan fingerprint density at radius 3 is 0.877 bits per heavy atom. The largest absolute Gasteiger partial charge is 2.00 e. The van der Waals surface area contributed by atoms with E-state index in [9.17, 15) is 5.53 Å². The maximum atomic E-state index is 12.2. The van der Waals surface area contributed by atoms with Crippen molar-refractivity contribution in [2.75, 3.05) is 0 Å². The fraction of sp³-hybridized carbons (Fsp3) is 0.806. The maximum Gasteiger partial charge on any atom is 2.00 e. The summed E-state index contributed by atoms with van der Waals surface area (Å²) in [7, 11) is 0. The Morgan fingerprint density at radius 2 is 0.538 bits per heavy atom. The van der Waals surface area contributed by atoms with Crippen LogP contribution < -0.4 is 0 Å². The summed E-state index contributed by atoms with van der Waals surface area (Å²) in [4.78, 5) is 0. The minimum atomic E-state index is 0. The van der Waals surface area contributed by atoms with E-state index in [0.717, 1.165) is 87.6 Å². The van der Waals surface area contributed by atoms with Crippen LogP contribution in [0.5, 0.6) is 0 Å². The molecule has 0 unspecified atom stereocenters. The first-order chi connectivity index (χ1) is 52.0. The molecule has 3 rings (SSSR count). The quantitative estimate of drug-likeness (QED) is 0.0207. The van der Waals surface area contributed by atoms with Crippen LogP contribution in [0.2, 0.25) is 0 Å². The summed E-state index contributed by atoms with van der Waals surface area (Å²) >= 11 is 0. The molecule has 0 saturated heterocycles. The van der Waals surface area contributed by atoms with Crippen molar-refractivity contribution in [2.45, 2.75) is 536 Å². The van der Waals surface area contributed by atoms with Crippen molar-refractivity contribution in [2.24, 2.45) is 0 Å². The van der Waals surface area contributed by atoms with E-state index in [1.54, 1.807) is 4.70 Å². The first-order valence-electron chi connectivity index (χ1n) is 48.2. The van der Waals surface area contributed by atoms with E-state index in [1.165, 1.54) is 452 Å². The van der Waals surface area contributed by atoms with E-state index in [2.05, 4.69) is 116 Å². The topological polar surface area (TPSA) is 25.3 Å². The van der Waals surface area contributed by atoms with Gasteiger partial charge in [0.15, 0.2) is 0 Å². The molecule has 1 aliphatic heterocycles. The van der Waals surface area contributed by atoms with Crippen molar-refractivity contribution in [3.8, 4) is 11.8 Å². The summed E-state index contributed by atoms with van der Waals surface area (Å²) in [5, 5.41) is 0. The maximum absolute atomic E-state index is 12.2. The van der Waals surface area contributed by atoms with Gasteiger partial charge in [-0.25, -0.2) is 4.70 Å². The Morgan fingerprint density at radius 1 is 0.264 bits per heavy atom. The van der Waals surface area contributed by atoms with Gasteiger partial charge in [0, 0.05) is 35.1 Å². The number of aryl methyl sites for hydroxylation is 2. The molecule has 0 fully saturated rings. The summed E-state index contributed by atoms with van der Waals surface area (Å²) < 4.78 is 1.58. The Labute approximate surface area is 681 Å². The first-order valence-corrected chi connectivity index (χ1v) is 48.2. The fourth-order valence-electron chi connectivity index (χ4n) is 16.0. The first kappa shape index (κ1) is 104. The molecule has 0 amide bonds. The molecule has 0 atom stereocenters. The van der Waals surface area contributed by atoms with Crippen molar-refractivity contribution >= 4 is 11.4 Å². The molecule has 2 nitrogen and oxygen atoms in total. The zero-order valence-electron chi connectivity index (χ0n) is 72.7. The summed E-state index contributed by atoms with van der Waals surface area (Å²) in [5.41, 5.74) is 21.9. The average molecular weight is 1560 g/mol. The number of hydrogen-bond acceptors (Lipinski definition) is 0. The molecule has 106 heavy (non-hydrogen) atoms. The van der Waals surface area contributed by atoms with Gasteiger partial charge in [-0.2, -0.15) is 12.8 Å². The summed E-state index contributed by atoms with van der Waals surface area (Å²) in [5.74, 6) is 7.03. The molecule has 0 aromatic heterocycles. The van der Waals surface area contributed by atoms with Crippen LogP contribution in [-0.2, 0) is 33.3 Å². The molecule has 0 bridgehead atoms. The average Bonchev–Trinajstić information content (AvgIpc) is 1.60.